The number of alkyl halides is 1. The molecule has 0 fully saturated rings. The predicted octanol–water partition coefficient (Wildman–Crippen LogP) is 1.96. The van der Waals surface area contributed by atoms with Crippen LogP contribution in [0.4, 0.5) is 5.69 Å². The molecule has 0 aliphatic rings. The van der Waals surface area contributed by atoms with Crippen molar-refractivity contribution in [2.24, 2.45) is 0 Å². The monoisotopic (exact) mass is 288 g/mol. The molecule has 0 heterocycles. The van der Waals surface area contributed by atoms with Crippen LogP contribution < -0.4 is 9.46 Å². The zero-order valence-corrected chi connectivity index (χ0v) is 11.2. The smallest absolute Gasteiger partial charge is 0.232 e. The van der Waals surface area contributed by atoms with Gasteiger partial charge in [-0.25, -0.2) is 8.42 Å². The molecule has 0 unspecified atom stereocenters. The van der Waals surface area contributed by atoms with Crippen LogP contribution in [0.25, 0.3) is 0 Å². The fourth-order valence-electron chi connectivity index (χ4n) is 1.21. The number of sulfonamides is 1. The largest absolute Gasteiger partial charge is 0.479 e. The van der Waals surface area contributed by atoms with Crippen molar-refractivity contribution < 1.29 is 13.2 Å². The van der Waals surface area contributed by atoms with Crippen molar-refractivity contribution in [2.75, 3.05) is 23.0 Å². The molecule has 18 heavy (non-hydrogen) atoms. The lowest BCUT2D eigenvalue weighted by atomic mass is 10.3. The number of hydrogen-bond donors (Lipinski definition) is 1. The third-order valence-corrected chi connectivity index (χ3v) is 3.62. The highest BCUT2D eigenvalue weighted by Gasteiger charge is 2.09. The van der Waals surface area contributed by atoms with Gasteiger partial charge in [0.15, 0.2) is 6.61 Å². The fraction of sp³-hybridized carbons (Fsp3) is 0.364. The highest BCUT2D eigenvalue weighted by molar-refractivity contribution is 7.92. The molecule has 0 aliphatic heterocycles. The number of nitrogens with zero attached hydrogens (tertiary/aromatic N) is 1. The molecule has 7 heteroatoms. The maximum Gasteiger partial charge on any atom is 0.232 e. The summed E-state index contributed by atoms with van der Waals surface area (Å²) in [4.78, 5) is 0. The Bertz CT molecular complexity index is 508. The predicted molar refractivity (Wildman–Crippen MR) is 70.3 cm³/mol. The highest BCUT2D eigenvalue weighted by Crippen LogP contribution is 2.16. The first kappa shape index (κ1) is 14.6. The first-order valence-corrected chi connectivity index (χ1v) is 7.42. The number of ether oxygens (including phenoxy) is 1. The lowest BCUT2D eigenvalue weighted by Crippen LogP contribution is -2.16. The number of anilines is 1. The van der Waals surface area contributed by atoms with Gasteiger partial charge in [-0.05, 0) is 30.7 Å². The zero-order chi connectivity index (χ0) is 13.4. The molecule has 0 aromatic heterocycles. The molecule has 1 N–H and O–H groups in total. The quantitative estimate of drug-likeness (QED) is 0.778. The first-order chi connectivity index (χ1) is 8.57. The molecule has 0 bridgehead atoms. The maximum atomic E-state index is 11.6. The van der Waals surface area contributed by atoms with E-state index in [1.807, 2.05) is 6.07 Å². The number of rotatable bonds is 7. The maximum absolute atomic E-state index is 11.6. The van der Waals surface area contributed by atoms with Gasteiger partial charge in [-0.15, -0.1) is 11.6 Å². The second-order valence-electron chi connectivity index (χ2n) is 3.43. The van der Waals surface area contributed by atoms with Crippen molar-refractivity contribution >= 4 is 27.3 Å². The van der Waals surface area contributed by atoms with Crippen LogP contribution in [0.2, 0.25) is 0 Å². The van der Waals surface area contributed by atoms with Crippen LogP contribution in [0.1, 0.15) is 6.42 Å². The summed E-state index contributed by atoms with van der Waals surface area (Å²) in [5.74, 6) is 0.811. The van der Waals surface area contributed by atoms with Crippen LogP contribution in [0, 0.1) is 11.3 Å². The summed E-state index contributed by atoms with van der Waals surface area (Å²) in [5, 5.41) is 8.34. The summed E-state index contributed by atoms with van der Waals surface area (Å²) < 4.78 is 30.6. The molecular weight excluding hydrogens is 276 g/mol. The third-order valence-electron chi connectivity index (χ3n) is 1.98. The Balaban J connectivity index is 2.61. The van der Waals surface area contributed by atoms with E-state index in [1.165, 1.54) is 0 Å². The topological polar surface area (TPSA) is 79.2 Å². The summed E-state index contributed by atoms with van der Waals surface area (Å²) in [6.07, 6.45) is 0.403. The van der Waals surface area contributed by atoms with Gasteiger partial charge in [0.2, 0.25) is 10.0 Å². The van der Waals surface area contributed by atoms with Gasteiger partial charge in [-0.2, -0.15) is 5.26 Å². The molecule has 1 aromatic rings. The molecule has 0 radical (unpaired) electrons. The summed E-state index contributed by atoms with van der Waals surface area (Å²) in [7, 11) is -3.35. The summed E-state index contributed by atoms with van der Waals surface area (Å²) in [5.41, 5.74) is 0.453. The number of hydrogen-bond acceptors (Lipinski definition) is 4. The van der Waals surface area contributed by atoms with E-state index in [0.29, 0.717) is 23.7 Å². The zero-order valence-electron chi connectivity index (χ0n) is 9.60. The fourth-order valence-corrected chi connectivity index (χ4v) is 2.62. The molecule has 0 aliphatic carbocycles. The number of benzene rings is 1. The van der Waals surface area contributed by atoms with E-state index in [-0.39, 0.29) is 12.4 Å². The third kappa shape index (κ3) is 5.25. The van der Waals surface area contributed by atoms with E-state index in [4.69, 9.17) is 21.6 Å². The molecule has 0 amide bonds. The van der Waals surface area contributed by atoms with Crippen LogP contribution in [-0.2, 0) is 10.0 Å². The van der Waals surface area contributed by atoms with Gasteiger partial charge in [0.1, 0.15) is 11.8 Å². The summed E-state index contributed by atoms with van der Waals surface area (Å²) in [6.45, 7) is -0.0409. The molecule has 0 saturated heterocycles. The van der Waals surface area contributed by atoms with Crippen LogP contribution in [0.5, 0.6) is 5.75 Å². The number of halogens is 1. The lowest BCUT2D eigenvalue weighted by Gasteiger charge is -2.08. The second kappa shape index (κ2) is 7.09. The molecule has 0 spiro atoms. The van der Waals surface area contributed by atoms with Gasteiger partial charge in [-0.1, -0.05) is 0 Å². The molecule has 0 saturated carbocycles. The van der Waals surface area contributed by atoms with E-state index in [9.17, 15) is 8.42 Å². The average Bonchev–Trinajstić information content (AvgIpc) is 2.35. The highest BCUT2D eigenvalue weighted by atomic mass is 35.5. The Morgan fingerprint density at radius 3 is 2.56 bits per heavy atom. The summed E-state index contributed by atoms with van der Waals surface area (Å²) in [6, 6.07) is 8.18. The Hall–Kier alpha value is -1.45. The summed E-state index contributed by atoms with van der Waals surface area (Å²) >= 11 is 5.44. The van der Waals surface area contributed by atoms with Crippen LogP contribution in [0.3, 0.4) is 0 Å². The normalized spacial score (nSPS) is 10.7. The van der Waals surface area contributed by atoms with Gasteiger partial charge in [0, 0.05) is 11.6 Å². The van der Waals surface area contributed by atoms with E-state index < -0.39 is 10.0 Å². The van der Waals surface area contributed by atoms with Crippen LogP contribution in [0.15, 0.2) is 24.3 Å². The molecule has 0 atom stereocenters. The van der Waals surface area contributed by atoms with E-state index in [2.05, 4.69) is 4.72 Å². The lowest BCUT2D eigenvalue weighted by molar-refractivity contribution is 0.368. The van der Waals surface area contributed by atoms with Gasteiger partial charge in [-0.3, -0.25) is 4.72 Å². The Labute approximate surface area is 111 Å². The van der Waals surface area contributed by atoms with Gasteiger partial charge < -0.3 is 4.74 Å². The minimum Gasteiger partial charge on any atom is -0.479 e. The van der Waals surface area contributed by atoms with Crippen molar-refractivity contribution in [3.8, 4) is 11.8 Å². The number of nitrogens with one attached hydrogen (secondary N) is 1. The standard InChI is InChI=1S/C11H13ClN2O3S/c12-6-1-9-18(15,16)14-10-2-4-11(5-3-10)17-8-7-13/h2-5,14H,1,6,8-9H2. The SMILES string of the molecule is N#CCOc1ccc(NS(=O)(=O)CCCCl)cc1. The van der Waals surface area contributed by atoms with E-state index in [1.54, 1.807) is 24.3 Å². The minimum atomic E-state index is -3.35. The van der Waals surface area contributed by atoms with Gasteiger partial charge >= 0.3 is 0 Å². The Morgan fingerprint density at radius 1 is 1.33 bits per heavy atom. The molecule has 1 aromatic carbocycles. The Kier molecular flexibility index (Phi) is 5.75. The first-order valence-electron chi connectivity index (χ1n) is 5.23. The van der Waals surface area contributed by atoms with Crippen molar-refractivity contribution in [3.05, 3.63) is 24.3 Å². The second-order valence-corrected chi connectivity index (χ2v) is 5.65. The Morgan fingerprint density at radius 2 is 2.00 bits per heavy atom. The minimum absolute atomic E-state index is 0.0107. The molecule has 1 rings (SSSR count). The number of nitriles is 1. The van der Waals surface area contributed by atoms with Gasteiger partial charge in [0.05, 0.1) is 5.75 Å². The van der Waals surface area contributed by atoms with Gasteiger partial charge in [0.25, 0.3) is 0 Å². The van der Waals surface area contributed by atoms with Crippen molar-refractivity contribution in [1.29, 1.82) is 5.26 Å². The van der Waals surface area contributed by atoms with E-state index >= 15 is 0 Å². The van der Waals surface area contributed by atoms with Crippen molar-refractivity contribution in [2.45, 2.75) is 6.42 Å². The van der Waals surface area contributed by atoms with Crippen molar-refractivity contribution in [3.63, 3.8) is 0 Å². The molecular formula is C11H13ClN2O3S. The average molecular weight is 289 g/mol. The molecule has 5 nitrogen and oxygen atoms in total. The van der Waals surface area contributed by atoms with E-state index in [0.717, 1.165) is 0 Å². The van der Waals surface area contributed by atoms with Crippen LogP contribution in [-0.4, -0.2) is 26.7 Å². The molecule has 98 valence electrons. The van der Waals surface area contributed by atoms with Crippen molar-refractivity contribution in [1.82, 2.24) is 0 Å². The van der Waals surface area contributed by atoms with Crippen LogP contribution >= 0.6 is 11.6 Å².